The second kappa shape index (κ2) is 11.3. The zero-order valence-electron chi connectivity index (χ0n) is 18.4. The fourth-order valence-electron chi connectivity index (χ4n) is 5.54. The van der Waals surface area contributed by atoms with E-state index >= 15 is 0 Å². The first-order chi connectivity index (χ1) is 14.8. The van der Waals surface area contributed by atoms with Gasteiger partial charge < -0.3 is 15.0 Å². The molecule has 3 fully saturated rings. The predicted molar refractivity (Wildman–Crippen MR) is 121 cm³/mol. The van der Waals surface area contributed by atoms with Crippen LogP contribution in [0.15, 0.2) is 30.3 Å². The average molecular weight is 414 g/mol. The van der Waals surface area contributed by atoms with Gasteiger partial charge in [-0.1, -0.05) is 49.6 Å². The van der Waals surface area contributed by atoms with Crippen molar-refractivity contribution in [2.75, 3.05) is 52.5 Å². The van der Waals surface area contributed by atoms with Gasteiger partial charge in [-0.25, -0.2) is 0 Å². The van der Waals surface area contributed by atoms with Crippen LogP contribution >= 0.6 is 0 Å². The van der Waals surface area contributed by atoms with Crippen molar-refractivity contribution in [3.63, 3.8) is 0 Å². The van der Waals surface area contributed by atoms with Crippen LogP contribution in [-0.4, -0.2) is 74.2 Å². The summed E-state index contributed by atoms with van der Waals surface area (Å²) in [5, 5.41) is 3.29. The SMILES string of the molecule is O=C(CN1CCOCC1)NC1CCN(CC(c2ccccc2)C2CCCCC2)CC1. The molecule has 5 heteroatoms. The standard InChI is InChI=1S/C25H39N3O2/c29-25(20-28-15-17-30-18-16-28)26-23-11-13-27(14-12-23)19-24(21-7-3-1-4-8-21)22-9-5-2-6-10-22/h1,3-4,7-8,22-24H,2,5-6,9-20H2,(H,26,29). The van der Waals surface area contributed by atoms with Gasteiger partial charge in [0, 0.05) is 38.8 Å². The second-order valence-electron chi connectivity index (χ2n) is 9.45. The number of likely N-dealkylation sites (tertiary alicyclic amines) is 1. The van der Waals surface area contributed by atoms with Crippen molar-refractivity contribution >= 4 is 5.91 Å². The number of hydrogen-bond donors (Lipinski definition) is 1. The third-order valence-corrected chi connectivity index (χ3v) is 7.33. The lowest BCUT2D eigenvalue weighted by molar-refractivity contribution is -0.124. The Bertz CT molecular complexity index is 633. The van der Waals surface area contributed by atoms with E-state index in [1.807, 2.05) is 0 Å². The molecule has 166 valence electrons. The van der Waals surface area contributed by atoms with Crippen LogP contribution in [0.5, 0.6) is 0 Å². The van der Waals surface area contributed by atoms with Crippen molar-refractivity contribution in [3.05, 3.63) is 35.9 Å². The van der Waals surface area contributed by atoms with E-state index in [0.717, 1.165) is 58.2 Å². The van der Waals surface area contributed by atoms with Gasteiger partial charge in [-0.05, 0) is 43.1 Å². The molecule has 2 heterocycles. The molecular formula is C25H39N3O2. The molecule has 0 radical (unpaired) electrons. The van der Waals surface area contributed by atoms with E-state index in [1.54, 1.807) is 0 Å². The van der Waals surface area contributed by atoms with Gasteiger partial charge in [0.15, 0.2) is 0 Å². The number of morpholine rings is 1. The van der Waals surface area contributed by atoms with E-state index in [2.05, 4.69) is 45.4 Å². The van der Waals surface area contributed by atoms with Crippen molar-refractivity contribution in [1.82, 2.24) is 15.1 Å². The molecule has 3 aliphatic rings. The maximum absolute atomic E-state index is 12.4. The molecule has 1 saturated carbocycles. The summed E-state index contributed by atoms with van der Waals surface area (Å²) >= 11 is 0. The molecule has 5 nitrogen and oxygen atoms in total. The molecule has 4 rings (SSSR count). The molecule has 1 aliphatic carbocycles. The van der Waals surface area contributed by atoms with Gasteiger partial charge in [0.2, 0.25) is 5.91 Å². The van der Waals surface area contributed by atoms with Crippen LogP contribution in [-0.2, 0) is 9.53 Å². The Hall–Kier alpha value is -1.43. The Balaban J connectivity index is 1.25. The van der Waals surface area contributed by atoms with Gasteiger partial charge in [-0.2, -0.15) is 0 Å². The van der Waals surface area contributed by atoms with Crippen LogP contribution in [0, 0.1) is 5.92 Å². The van der Waals surface area contributed by atoms with Crippen molar-refractivity contribution in [2.45, 2.75) is 56.9 Å². The monoisotopic (exact) mass is 413 g/mol. The van der Waals surface area contributed by atoms with E-state index in [-0.39, 0.29) is 5.91 Å². The number of nitrogens with one attached hydrogen (secondary N) is 1. The smallest absolute Gasteiger partial charge is 0.234 e. The van der Waals surface area contributed by atoms with Gasteiger partial charge in [-0.3, -0.25) is 9.69 Å². The Morgan fingerprint density at radius 2 is 1.63 bits per heavy atom. The first-order valence-electron chi connectivity index (χ1n) is 12.1. The highest BCUT2D eigenvalue weighted by Gasteiger charge is 2.29. The lowest BCUT2D eigenvalue weighted by atomic mass is 9.76. The molecule has 0 bridgehead atoms. The molecule has 1 aromatic rings. The van der Waals surface area contributed by atoms with E-state index in [1.165, 1.54) is 44.2 Å². The maximum Gasteiger partial charge on any atom is 0.234 e. The Morgan fingerprint density at radius 1 is 0.933 bits per heavy atom. The van der Waals surface area contributed by atoms with Crippen LogP contribution < -0.4 is 5.32 Å². The molecule has 1 atom stereocenters. The molecule has 30 heavy (non-hydrogen) atoms. The highest BCUT2D eigenvalue weighted by molar-refractivity contribution is 5.78. The van der Waals surface area contributed by atoms with Gasteiger partial charge in [0.1, 0.15) is 0 Å². The van der Waals surface area contributed by atoms with Crippen molar-refractivity contribution in [1.29, 1.82) is 0 Å². The lowest BCUT2D eigenvalue weighted by Crippen LogP contribution is -2.49. The van der Waals surface area contributed by atoms with E-state index < -0.39 is 0 Å². The summed E-state index contributed by atoms with van der Waals surface area (Å²) in [6.07, 6.45) is 9.10. The summed E-state index contributed by atoms with van der Waals surface area (Å²) < 4.78 is 5.37. The van der Waals surface area contributed by atoms with Crippen LogP contribution in [0.2, 0.25) is 0 Å². The molecule has 2 aliphatic heterocycles. The minimum absolute atomic E-state index is 0.180. The third kappa shape index (κ3) is 6.29. The van der Waals surface area contributed by atoms with Crippen LogP contribution in [0.4, 0.5) is 0 Å². The number of amides is 1. The largest absolute Gasteiger partial charge is 0.379 e. The first kappa shape index (κ1) is 21.8. The lowest BCUT2D eigenvalue weighted by Gasteiger charge is -2.38. The number of carbonyl (C=O) groups is 1. The van der Waals surface area contributed by atoms with Crippen LogP contribution in [0.25, 0.3) is 0 Å². The molecule has 1 amide bonds. The van der Waals surface area contributed by atoms with Crippen LogP contribution in [0.1, 0.15) is 56.4 Å². The number of benzene rings is 1. The zero-order chi connectivity index (χ0) is 20.6. The van der Waals surface area contributed by atoms with Crippen LogP contribution in [0.3, 0.4) is 0 Å². The number of nitrogens with zero attached hydrogens (tertiary/aromatic N) is 2. The van der Waals surface area contributed by atoms with E-state index in [4.69, 9.17) is 4.74 Å². The van der Waals surface area contributed by atoms with Gasteiger partial charge in [0.25, 0.3) is 0 Å². The number of piperidine rings is 1. The average Bonchev–Trinajstić information content (AvgIpc) is 2.80. The quantitative estimate of drug-likeness (QED) is 0.745. The summed E-state index contributed by atoms with van der Waals surface area (Å²) in [4.78, 5) is 17.3. The molecule has 2 saturated heterocycles. The maximum atomic E-state index is 12.4. The van der Waals surface area contributed by atoms with Gasteiger partial charge >= 0.3 is 0 Å². The summed E-state index contributed by atoms with van der Waals surface area (Å²) in [5.74, 6) is 1.66. The van der Waals surface area contributed by atoms with Crippen molar-refractivity contribution in [2.24, 2.45) is 5.92 Å². The summed E-state index contributed by atoms with van der Waals surface area (Å²) in [6, 6.07) is 11.5. The number of ether oxygens (including phenoxy) is 1. The molecule has 1 aromatic carbocycles. The fraction of sp³-hybridized carbons (Fsp3) is 0.720. The van der Waals surface area contributed by atoms with Gasteiger partial charge in [-0.15, -0.1) is 0 Å². The third-order valence-electron chi connectivity index (χ3n) is 7.33. The normalized spacial score (nSPS) is 23.9. The minimum atomic E-state index is 0.180. The highest BCUT2D eigenvalue weighted by Crippen LogP contribution is 2.37. The van der Waals surface area contributed by atoms with Crippen molar-refractivity contribution < 1.29 is 9.53 Å². The molecular weight excluding hydrogens is 374 g/mol. The summed E-state index contributed by atoms with van der Waals surface area (Å²) in [5.41, 5.74) is 1.52. The number of carbonyl (C=O) groups excluding carboxylic acids is 1. The highest BCUT2D eigenvalue weighted by atomic mass is 16.5. The van der Waals surface area contributed by atoms with Crippen molar-refractivity contribution in [3.8, 4) is 0 Å². The predicted octanol–water partition coefficient (Wildman–Crippen LogP) is 3.26. The summed E-state index contributed by atoms with van der Waals surface area (Å²) in [6.45, 7) is 7.11. The second-order valence-corrected chi connectivity index (χ2v) is 9.45. The zero-order valence-corrected chi connectivity index (χ0v) is 18.4. The Kier molecular flexibility index (Phi) is 8.18. The molecule has 1 N–H and O–H groups in total. The topological polar surface area (TPSA) is 44.8 Å². The first-order valence-corrected chi connectivity index (χ1v) is 12.1. The number of hydrogen-bond acceptors (Lipinski definition) is 4. The van der Waals surface area contributed by atoms with Gasteiger partial charge in [0.05, 0.1) is 19.8 Å². The minimum Gasteiger partial charge on any atom is -0.379 e. The fourth-order valence-corrected chi connectivity index (χ4v) is 5.54. The molecule has 0 aromatic heterocycles. The summed E-state index contributed by atoms with van der Waals surface area (Å²) in [7, 11) is 0. The Labute approximate surface area is 182 Å². The Morgan fingerprint density at radius 3 is 2.33 bits per heavy atom. The molecule has 1 unspecified atom stereocenters. The molecule has 0 spiro atoms. The number of rotatable bonds is 7. The van der Waals surface area contributed by atoms with E-state index in [9.17, 15) is 4.79 Å². The van der Waals surface area contributed by atoms with E-state index in [0.29, 0.717) is 18.5 Å².